The van der Waals surface area contributed by atoms with Gasteiger partial charge in [0.15, 0.2) is 0 Å². The summed E-state index contributed by atoms with van der Waals surface area (Å²) in [5.74, 6) is -0.134. The smallest absolute Gasteiger partial charge is 0.277 e. The minimum Gasteiger partial charge on any atom is -0.325 e. The lowest BCUT2D eigenvalue weighted by atomic mass is 9.82. The molecule has 1 aromatic carbocycles. The average Bonchev–Trinajstić information content (AvgIpc) is 3.08. The first-order valence-electron chi connectivity index (χ1n) is 8.40. The molecule has 1 unspecified atom stereocenters. The molecule has 1 aliphatic carbocycles. The normalized spacial score (nSPS) is 20.8. The van der Waals surface area contributed by atoms with Gasteiger partial charge in [0.25, 0.3) is 5.91 Å². The standard InChI is InChI=1S/C20H17N3O2S/c1-11(2)15-9-19(24)23-17-8-13(4-5-14(15)17)22-20(25)12-3-6-16-18(7-12)26-10-21-16/h3-11,14H,1-2H3,(H,23,24). The van der Waals surface area contributed by atoms with Crippen LogP contribution in [-0.4, -0.2) is 22.5 Å². The van der Waals surface area contributed by atoms with Gasteiger partial charge in [0, 0.05) is 23.3 Å². The quantitative estimate of drug-likeness (QED) is 0.885. The lowest BCUT2D eigenvalue weighted by Crippen LogP contribution is -2.34. The fraction of sp³-hybridized carbons (Fsp3) is 0.200. The second kappa shape index (κ2) is 6.46. The molecule has 1 aliphatic heterocycles. The molecule has 0 saturated heterocycles. The molecule has 130 valence electrons. The van der Waals surface area contributed by atoms with Gasteiger partial charge in [0.1, 0.15) is 0 Å². The molecule has 0 bridgehead atoms. The van der Waals surface area contributed by atoms with E-state index in [1.165, 1.54) is 11.3 Å². The number of nitrogens with one attached hydrogen (secondary N) is 1. The Kier molecular flexibility index (Phi) is 4.12. The van der Waals surface area contributed by atoms with Crippen LogP contribution in [0.5, 0.6) is 0 Å². The van der Waals surface area contributed by atoms with Gasteiger partial charge in [-0.15, -0.1) is 11.3 Å². The van der Waals surface area contributed by atoms with Gasteiger partial charge in [0.05, 0.1) is 21.4 Å². The molecule has 1 atom stereocenters. The van der Waals surface area contributed by atoms with Crippen molar-refractivity contribution in [1.82, 2.24) is 10.3 Å². The second-order valence-corrected chi connectivity index (χ2v) is 7.49. The summed E-state index contributed by atoms with van der Waals surface area (Å²) in [6.07, 6.45) is 7.26. The van der Waals surface area contributed by atoms with Gasteiger partial charge in [0.2, 0.25) is 5.91 Å². The van der Waals surface area contributed by atoms with E-state index in [-0.39, 0.29) is 23.7 Å². The first kappa shape index (κ1) is 16.6. The predicted octanol–water partition coefficient (Wildman–Crippen LogP) is 3.66. The van der Waals surface area contributed by atoms with Gasteiger partial charge in [-0.2, -0.15) is 0 Å². The minimum atomic E-state index is -0.308. The van der Waals surface area contributed by atoms with Crippen molar-refractivity contribution in [1.29, 1.82) is 0 Å². The summed E-state index contributed by atoms with van der Waals surface area (Å²) in [7, 11) is 0. The Labute approximate surface area is 154 Å². The molecule has 0 fully saturated rings. The third-order valence-electron chi connectivity index (χ3n) is 4.50. The van der Waals surface area contributed by atoms with E-state index in [1.54, 1.807) is 23.7 Å². The number of aliphatic imine (C=N–C) groups is 1. The molecule has 2 aliphatic rings. The number of amides is 2. The molecule has 5 nitrogen and oxygen atoms in total. The number of nitrogens with zero attached hydrogens (tertiary/aromatic N) is 2. The van der Waals surface area contributed by atoms with Gasteiger partial charge < -0.3 is 5.32 Å². The van der Waals surface area contributed by atoms with Crippen LogP contribution in [0.3, 0.4) is 0 Å². The van der Waals surface area contributed by atoms with E-state index in [4.69, 9.17) is 0 Å². The van der Waals surface area contributed by atoms with E-state index >= 15 is 0 Å². The first-order valence-corrected chi connectivity index (χ1v) is 9.28. The molecular formula is C20H17N3O2S. The number of hydrogen-bond donors (Lipinski definition) is 1. The van der Waals surface area contributed by atoms with Crippen LogP contribution in [0.15, 0.2) is 64.3 Å². The molecule has 2 aromatic rings. The first-order chi connectivity index (χ1) is 12.5. The van der Waals surface area contributed by atoms with Crippen LogP contribution in [0.1, 0.15) is 24.2 Å². The number of thiazole rings is 1. The maximum atomic E-state index is 12.5. The Balaban J connectivity index is 1.63. The predicted molar refractivity (Wildman–Crippen MR) is 103 cm³/mol. The molecule has 4 rings (SSSR count). The summed E-state index contributed by atoms with van der Waals surface area (Å²) in [5, 5.41) is 2.86. The molecule has 0 spiro atoms. The average molecular weight is 363 g/mol. The SMILES string of the molecule is CC(C)C1=CC(=O)NC2=CC(=NC(=O)c3ccc4ncsc4c3)C=CC21. The largest absolute Gasteiger partial charge is 0.325 e. The van der Waals surface area contributed by atoms with Crippen molar-refractivity contribution in [3.63, 3.8) is 0 Å². The number of carbonyl (C=O) groups excluding carboxylic acids is 2. The molecule has 1 aromatic heterocycles. The lowest BCUT2D eigenvalue weighted by molar-refractivity contribution is -0.116. The molecule has 1 N–H and O–H groups in total. The Morgan fingerprint density at radius 3 is 2.96 bits per heavy atom. The summed E-state index contributed by atoms with van der Waals surface area (Å²) >= 11 is 1.49. The zero-order valence-corrected chi connectivity index (χ0v) is 15.2. The summed E-state index contributed by atoms with van der Waals surface area (Å²) in [6.45, 7) is 4.14. The molecule has 2 amide bonds. The summed E-state index contributed by atoms with van der Waals surface area (Å²) in [5.41, 5.74) is 5.53. The van der Waals surface area contributed by atoms with Crippen LogP contribution in [0.2, 0.25) is 0 Å². The van der Waals surface area contributed by atoms with Gasteiger partial charge in [-0.3, -0.25) is 9.59 Å². The molecular weight excluding hydrogens is 346 g/mol. The Hall–Kier alpha value is -2.86. The van der Waals surface area contributed by atoms with E-state index in [0.29, 0.717) is 11.3 Å². The van der Waals surface area contributed by atoms with Gasteiger partial charge in [-0.05, 0) is 41.8 Å². The van der Waals surface area contributed by atoms with Crippen LogP contribution >= 0.6 is 11.3 Å². The molecule has 0 radical (unpaired) electrons. The number of benzene rings is 1. The maximum absolute atomic E-state index is 12.5. The van der Waals surface area contributed by atoms with E-state index < -0.39 is 0 Å². The number of hydrogen-bond acceptors (Lipinski definition) is 4. The second-order valence-electron chi connectivity index (χ2n) is 6.60. The van der Waals surface area contributed by atoms with E-state index in [1.807, 2.05) is 24.3 Å². The molecule has 6 heteroatoms. The zero-order chi connectivity index (χ0) is 18.3. The Morgan fingerprint density at radius 2 is 2.15 bits per heavy atom. The van der Waals surface area contributed by atoms with E-state index in [0.717, 1.165) is 21.5 Å². The summed E-state index contributed by atoms with van der Waals surface area (Å²) < 4.78 is 0.958. The topological polar surface area (TPSA) is 71.4 Å². The highest BCUT2D eigenvalue weighted by molar-refractivity contribution is 7.16. The zero-order valence-electron chi connectivity index (χ0n) is 14.4. The Bertz CT molecular complexity index is 1040. The van der Waals surface area contributed by atoms with Crippen molar-refractivity contribution in [2.24, 2.45) is 16.8 Å². The minimum absolute atomic E-state index is 0.0373. The number of carbonyl (C=O) groups is 2. The van der Waals surface area contributed by atoms with Crippen LogP contribution in [0.4, 0.5) is 0 Å². The monoisotopic (exact) mass is 363 g/mol. The molecule has 26 heavy (non-hydrogen) atoms. The van der Waals surface area contributed by atoms with Crippen molar-refractivity contribution in [3.05, 3.63) is 64.8 Å². The van der Waals surface area contributed by atoms with E-state index in [2.05, 4.69) is 29.1 Å². The number of fused-ring (bicyclic) bond motifs is 2. The van der Waals surface area contributed by atoms with Crippen molar-refractivity contribution in [2.75, 3.05) is 0 Å². The number of aromatic nitrogens is 1. The maximum Gasteiger partial charge on any atom is 0.277 e. The molecule has 0 saturated carbocycles. The number of allylic oxidation sites excluding steroid dienone is 3. The highest BCUT2D eigenvalue weighted by Gasteiger charge is 2.27. The van der Waals surface area contributed by atoms with Gasteiger partial charge >= 0.3 is 0 Å². The van der Waals surface area contributed by atoms with Gasteiger partial charge in [-0.1, -0.05) is 19.9 Å². The van der Waals surface area contributed by atoms with Crippen LogP contribution < -0.4 is 5.32 Å². The van der Waals surface area contributed by atoms with Gasteiger partial charge in [-0.25, -0.2) is 9.98 Å². The summed E-state index contributed by atoms with van der Waals surface area (Å²) in [4.78, 5) is 32.9. The van der Waals surface area contributed by atoms with Crippen molar-refractivity contribution in [2.45, 2.75) is 13.8 Å². The van der Waals surface area contributed by atoms with Crippen LogP contribution in [0.25, 0.3) is 10.2 Å². The number of rotatable bonds is 2. The lowest BCUT2D eigenvalue weighted by Gasteiger charge is -2.29. The Morgan fingerprint density at radius 1 is 1.31 bits per heavy atom. The third-order valence-corrected chi connectivity index (χ3v) is 5.29. The summed E-state index contributed by atoms with van der Waals surface area (Å²) in [6, 6.07) is 5.37. The van der Waals surface area contributed by atoms with E-state index in [9.17, 15) is 9.59 Å². The highest BCUT2D eigenvalue weighted by Crippen LogP contribution is 2.31. The van der Waals surface area contributed by atoms with Crippen LogP contribution in [-0.2, 0) is 4.79 Å². The van der Waals surface area contributed by atoms with Crippen LogP contribution in [0, 0.1) is 11.8 Å². The fourth-order valence-electron chi connectivity index (χ4n) is 3.18. The third kappa shape index (κ3) is 3.04. The molecule has 2 heterocycles. The van der Waals surface area contributed by atoms with Crippen molar-refractivity contribution in [3.8, 4) is 0 Å². The van der Waals surface area contributed by atoms with Crippen molar-refractivity contribution < 1.29 is 9.59 Å². The van der Waals surface area contributed by atoms with Crippen molar-refractivity contribution >= 4 is 39.1 Å². The fourth-order valence-corrected chi connectivity index (χ4v) is 3.90. The highest BCUT2D eigenvalue weighted by atomic mass is 32.1.